The lowest BCUT2D eigenvalue weighted by atomic mass is 9.98. The van der Waals surface area contributed by atoms with E-state index in [9.17, 15) is 9.59 Å². The number of nitrogens with zero attached hydrogens (tertiary/aromatic N) is 2. The number of nitrogens with one attached hydrogen (secondary N) is 2. The summed E-state index contributed by atoms with van der Waals surface area (Å²) < 4.78 is 0. The molecule has 4 rings (SSSR count). The van der Waals surface area contributed by atoms with Crippen molar-refractivity contribution in [2.45, 2.75) is 50.2 Å². The third kappa shape index (κ3) is 3.67. The summed E-state index contributed by atoms with van der Waals surface area (Å²) in [7, 11) is 1.91. The minimum Gasteiger partial charge on any atom is -0.339 e. The van der Waals surface area contributed by atoms with Crippen molar-refractivity contribution in [3.8, 4) is 0 Å². The lowest BCUT2D eigenvalue weighted by molar-refractivity contribution is 0.0681. The minimum absolute atomic E-state index is 0. The fourth-order valence-electron chi connectivity index (χ4n) is 4.40. The Hall–Kier alpha value is -1.79. The second kappa shape index (κ2) is 7.84. The smallest absolute Gasteiger partial charge is 0.321 e. The van der Waals surface area contributed by atoms with Crippen molar-refractivity contribution in [1.82, 2.24) is 15.5 Å². The van der Waals surface area contributed by atoms with Crippen molar-refractivity contribution in [2.24, 2.45) is 0 Å². The van der Waals surface area contributed by atoms with Crippen LogP contribution < -0.4 is 15.5 Å². The van der Waals surface area contributed by atoms with E-state index in [0.29, 0.717) is 30.2 Å². The molecule has 26 heavy (non-hydrogen) atoms. The molecule has 6 nitrogen and oxygen atoms in total. The van der Waals surface area contributed by atoms with Crippen molar-refractivity contribution >= 4 is 30.0 Å². The third-order valence-electron chi connectivity index (χ3n) is 5.80. The molecule has 3 saturated heterocycles. The van der Waals surface area contributed by atoms with Gasteiger partial charge in [-0.2, -0.15) is 0 Å². The highest BCUT2D eigenvalue weighted by Crippen LogP contribution is 2.30. The molecular formula is C19H27ClN4O2. The van der Waals surface area contributed by atoms with Gasteiger partial charge in [0.05, 0.1) is 0 Å². The topological polar surface area (TPSA) is 64.7 Å². The Morgan fingerprint density at radius 1 is 1.23 bits per heavy atom. The summed E-state index contributed by atoms with van der Waals surface area (Å²) in [6.07, 6.45) is 5.44. The van der Waals surface area contributed by atoms with Crippen molar-refractivity contribution < 1.29 is 9.59 Å². The van der Waals surface area contributed by atoms with Gasteiger partial charge in [0, 0.05) is 49.5 Å². The fourth-order valence-corrected chi connectivity index (χ4v) is 4.40. The molecule has 0 saturated carbocycles. The van der Waals surface area contributed by atoms with E-state index in [1.165, 1.54) is 12.8 Å². The molecule has 3 aliphatic rings. The largest absolute Gasteiger partial charge is 0.339 e. The molecule has 3 fully saturated rings. The summed E-state index contributed by atoms with van der Waals surface area (Å²) >= 11 is 0. The molecule has 3 amide bonds. The highest BCUT2D eigenvalue weighted by molar-refractivity contribution is 5.98. The van der Waals surface area contributed by atoms with E-state index in [1.54, 1.807) is 4.90 Å². The Morgan fingerprint density at radius 2 is 1.96 bits per heavy atom. The Bertz CT molecular complexity index is 671. The summed E-state index contributed by atoms with van der Waals surface area (Å²) in [5, 5.41) is 6.48. The fraction of sp³-hybridized carbons (Fsp3) is 0.579. The molecule has 2 bridgehead atoms. The average Bonchev–Trinajstić information content (AvgIpc) is 2.98. The number of hydrogen-bond donors (Lipinski definition) is 2. The number of anilines is 1. The van der Waals surface area contributed by atoms with E-state index in [1.807, 2.05) is 36.2 Å². The van der Waals surface area contributed by atoms with Crippen LogP contribution in [-0.4, -0.2) is 55.1 Å². The van der Waals surface area contributed by atoms with Crippen molar-refractivity contribution in [2.75, 3.05) is 25.0 Å². The Morgan fingerprint density at radius 3 is 2.65 bits per heavy atom. The molecule has 0 aliphatic carbocycles. The van der Waals surface area contributed by atoms with Gasteiger partial charge < -0.3 is 15.5 Å². The number of fused-ring (bicyclic) bond motifs is 2. The summed E-state index contributed by atoms with van der Waals surface area (Å²) in [4.78, 5) is 28.6. The molecule has 0 aromatic heterocycles. The Labute approximate surface area is 160 Å². The highest BCUT2D eigenvalue weighted by Gasteiger charge is 2.36. The van der Waals surface area contributed by atoms with Crippen LogP contribution in [0, 0.1) is 0 Å². The molecular weight excluding hydrogens is 352 g/mol. The molecule has 7 heteroatoms. The number of halogens is 1. The van der Waals surface area contributed by atoms with E-state index in [4.69, 9.17) is 0 Å². The van der Waals surface area contributed by atoms with E-state index >= 15 is 0 Å². The number of benzene rings is 1. The van der Waals surface area contributed by atoms with Crippen LogP contribution in [0.1, 0.15) is 42.5 Å². The van der Waals surface area contributed by atoms with Crippen molar-refractivity contribution in [1.29, 1.82) is 0 Å². The van der Waals surface area contributed by atoms with Crippen molar-refractivity contribution in [3.05, 3.63) is 29.8 Å². The second-order valence-electron chi connectivity index (χ2n) is 7.47. The molecule has 1 aromatic rings. The van der Waals surface area contributed by atoms with Crippen LogP contribution in [0.4, 0.5) is 10.5 Å². The zero-order chi connectivity index (χ0) is 17.4. The summed E-state index contributed by atoms with van der Waals surface area (Å²) in [6, 6.07) is 8.79. The van der Waals surface area contributed by atoms with E-state index in [0.717, 1.165) is 31.5 Å². The first-order valence-electron chi connectivity index (χ1n) is 9.30. The molecule has 0 spiro atoms. The number of carbonyl (C=O) groups is 2. The second-order valence-corrected chi connectivity index (χ2v) is 7.47. The number of carbonyl (C=O) groups excluding carboxylic acids is 2. The first-order valence-corrected chi connectivity index (χ1v) is 9.30. The zero-order valence-corrected chi connectivity index (χ0v) is 15.9. The quantitative estimate of drug-likeness (QED) is 0.848. The Balaban J connectivity index is 0.00000196. The van der Waals surface area contributed by atoms with Gasteiger partial charge in [0.1, 0.15) is 0 Å². The zero-order valence-electron chi connectivity index (χ0n) is 15.1. The van der Waals surface area contributed by atoms with Crippen LogP contribution in [0.3, 0.4) is 0 Å². The average molecular weight is 379 g/mol. The standard InChI is InChI=1S/C19H26N4O2.ClH/c1-22(17-11-14-6-7-15(12-17)21-14)18(24)13-4-2-5-16(10-13)23-9-3-8-20-19(23)25;/h2,4-5,10,14-15,17,21H,3,6-9,11-12H2,1H3,(H,20,25);1H. The lowest BCUT2D eigenvalue weighted by Crippen LogP contribution is -2.49. The summed E-state index contributed by atoms with van der Waals surface area (Å²) in [5.74, 6) is 0.0468. The van der Waals surface area contributed by atoms with Gasteiger partial charge in [-0.3, -0.25) is 9.69 Å². The minimum atomic E-state index is -0.0841. The van der Waals surface area contributed by atoms with Crippen LogP contribution in [0.25, 0.3) is 0 Å². The van der Waals surface area contributed by atoms with Gasteiger partial charge in [-0.15, -0.1) is 12.4 Å². The lowest BCUT2D eigenvalue weighted by Gasteiger charge is -2.35. The van der Waals surface area contributed by atoms with Gasteiger partial charge in [0.25, 0.3) is 5.91 Å². The van der Waals surface area contributed by atoms with Gasteiger partial charge in [0.2, 0.25) is 0 Å². The summed E-state index contributed by atoms with van der Waals surface area (Å²) in [6.45, 7) is 1.41. The molecule has 2 unspecified atom stereocenters. The number of hydrogen-bond acceptors (Lipinski definition) is 3. The number of urea groups is 1. The molecule has 3 aliphatic heterocycles. The molecule has 2 atom stereocenters. The number of amides is 3. The van der Waals surface area contributed by atoms with Crippen LogP contribution in [0.5, 0.6) is 0 Å². The van der Waals surface area contributed by atoms with Gasteiger partial charge in [0.15, 0.2) is 0 Å². The van der Waals surface area contributed by atoms with Gasteiger partial charge >= 0.3 is 6.03 Å². The van der Waals surface area contributed by atoms with Crippen LogP contribution in [-0.2, 0) is 0 Å². The molecule has 142 valence electrons. The maximum absolute atomic E-state index is 13.0. The molecule has 0 radical (unpaired) electrons. The van der Waals surface area contributed by atoms with E-state index < -0.39 is 0 Å². The van der Waals surface area contributed by atoms with E-state index in [-0.39, 0.29) is 24.3 Å². The predicted molar refractivity (Wildman–Crippen MR) is 104 cm³/mol. The van der Waals surface area contributed by atoms with Crippen molar-refractivity contribution in [3.63, 3.8) is 0 Å². The first kappa shape index (κ1) is 19.0. The molecule has 3 heterocycles. The predicted octanol–water partition coefficient (Wildman–Crippen LogP) is 2.38. The maximum atomic E-state index is 13.0. The van der Waals surface area contributed by atoms with Gasteiger partial charge in [-0.25, -0.2) is 4.79 Å². The van der Waals surface area contributed by atoms with E-state index in [2.05, 4.69) is 10.6 Å². The number of rotatable bonds is 3. The first-order chi connectivity index (χ1) is 12.1. The Kier molecular flexibility index (Phi) is 5.73. The monoisotopic (exact) mass is 378 g/mol. The van der Waals surface area contributed by atoms with Crippen LogP contribution in [0.15, 0.2) is 24.3 Å². The number of piperidine rings is 1. The molecule has 1 aromatic carbocycles. The van der Waals surface area contributed by atoms with Gasteiger partial charge in [-0.1, -0.05) is 6.07 Å². The van der Waals surface area contributed by atoms with Gasteiger partial charge in [-0.05, 0) is 50.3 Å². The maximum Gasteiger partial charge on any atom is 0.321 e. The highest BCUT2D eigenvalue weighted by atomic mass is 35.5. The SMILES string of the molecule is CN(C(=O)c1cccc(N2CCCNC2=O)c1)C1CC2CCC(C1)N2.Cl. The summed E-state index contributed by atoms with van der Waals surface area (Å²) in [5.41, 5.74) is 1.45. The van der Waals surface area contributed by atoms with Crippen LogP contribution in [0.2, 0.25) is 0 Å². The molecule has 2 N–H and O–H groups in total. The van der Waals surface area contributed by atoms with Crippen LogP contribution >= 0.6 is 12.4 Å². The normalized spacial score (nSPS) is 27.5. The third-order valence-corrected chi connectivity index (χ3v) is 5.80.